The van der Waals surface area contributed by atoms with E-state index in [4.69, 9.17) is 16.3 Å². The summed E-state index contributed by atoms with van der Waals surface area (Å²) in [6, 6.07) is 12.6. The van der Waals surface area contributed by atoms with Crippen molar-refractivity contribution in [2.24, 2.45) is 12.0 Å². The van der Waals surface area contributed by atoms with Crippen LogP contribution in [0.3, 0.4) is 0 Å². The van der Waals surface area contributed by atoms with Gasteiger partial charge in [-0.2, -0.15) is 4.99 Å². The number of fused-ring (bicyclic) bond motifs is 1. The summed E-state index contributed by atoms with van der Waals surface area (Å²) in [7, 11) is 1.90. The molecular formula is C17H15ClN2O2S. The van der Waals surface area contributed by atoms with E-state index in [1.807, 2.05) is 36.7 Å². The number of nitrogens with zero attached hydrogens (tertiary/aromatic N) is 2. The van der Waals surface area contributed by atoms with Gasteiger partial charge in [-0.15, -0.1) is 0 Å². The zero-order chi connectivity index (χ0) is 16.4. The van der Waals surface area contributed by atoms with E-state index in [2.05, 4.69) is 4.99 Å². The SMILES string of the molecule is CCOc1ccc2c(c1)sc(=NC(=O)c1ccc(Cl)cc1)n2C. The minimum Gasteiger partial charge on any atom is -0.494 e. The molecule has 0 saturated carbocycles. The largest absolute Gasteiger partial charge is 0.494 e. The zero-order valence-electron chi connectivity index (χ0n) is 12.7. The molecule has 1 heterocycles. The van der Waals surface area contributed by atoms with E-state index in [-0.39, 0.29) is 5.91 Å². The van der Waals surface area contributed by atoms with Crippen LogP contribution < -0.4 is 9.54 Å². The lowest BCUT2D eigenvalue weighted by molar-refractivity contribution is 0.0998. The number of hydrogen-bond acceptors (Lipinski definition) is 3. The Hall–Kier alpha value is -2.11. The number of amides is 1. The molecule has 0 radical (unpaired) electrons. The number of carbonyl (C=O) groups excluding carboxylic acids is 1. The van der Waals surface area contributed by atoms with Gasteiger partial charge in [-0.05, 0) is 49.4 Å². The second-order valence-corrected chi connectivity index (χ2v) is 6.38. The molecule has 0 atom stereocenters. The molecule has 0 aliphatic heterocycles. The van der Waals surface area contributed by atoms with Crippen molar-refractivity contribution in [1.29, 1.82) is 0 Å². The van der Waals surface area contributed by atoms with E-state index < -0.39 is 0 Å². The van der Waals surface area contributed by atoms with E-state index in [1.165, 1.54) is 11.3 Å². The Labute approximate surface area is 142 Å². The molecule has 0 aliphatic carbocycles. The highest BCUT2D eigenvalue weighted by molar-refractivity contribution is 7.16. The van der Waals surface area contributed by atoms with Gasteiger partial charge in [0.15, 0.2) is 4.80 Å². The Morgan fingerprint density at radius 3 is 2.70 bits per heavy atom. The van der Waals surface area contributed by atoms with Gasteiger partial charge in [0.1, 0.15) is 5.75 Å². The van der Waals surface area contributed by atoms with Gasteiger partial charge < -0.3 is 9.30 Å². The average Bonchev–Trinajstić information content (AvgIpc) is 2.84. The van der Waals surface area contributed by atoms with Crippen LogP contribution in [0.25, 0.3) is 10.2 Å². The van der Waals surface area contributed by atoms with Gasteiger partial charge in [-0.3, -0.25) is 4.79 Å². The topological polar surface area (TPSA) is 43.6 Å². The molecule has 6 heteroatoms. The Morgan fingerprint density at radius 1 is 1.26 bits per heavy atom. The molecule has 0 aliphatic rings. The Morgan fingerprint density at radius 2 is 2.00 bits per heavy atom. The summed E-state index contributed by atoms with van der Waals surface area (Å²) in [5.74, 6) is 0.534. The van der Waals surface area contributed by atoms with Crippen molar-refractivity contribution in [2.75, 3.05) is 6.61 Å². The van der Waals surface area contributed by atoms with E-state index in [0.29, 0.717) is 22.0 Å². The first-order valence-corrected chi connectivity index (χ1v) is 8.35. The second-order valence-electron chi connectivity index (χ2n) is 4.93. The maximum absolute atomic E-state index is 12.3. The van der Waals surface area contributed by atoms with Crippen molar-refractivity contribution >= 4 is 39.1 Å². The fraction of sp³-hybridized carbons (Fsp3) is 0.176. The van der Waals surface area contributed by atoms with Crippen molar-refractivity contribution in [2.45, 2.75) is 6.92 Å². The first-order valence-electron chi connectivity index (χ1n) is 7.15. The third-order valence-corrected chi connectivity index (χ3v) is 4.73. The van der Waals surface area contributed by atoms with Crippen molar-refractivity contribution in [3.63, 3.8) is 0 Å². The third-order valence-electron chi connectivity index (χ3n) is 3.38. The van der Waals surface area contributed by atoms with Crippen LogP contribution in [0.1, 0.15) is 17.3 Å². The molecule has 1 amide bonds. The van der Waals surface area contributed by atoms with Crippen LogP contribution in [-0.2, 0) is 7.05 Å². The summed E-state index contributed by atoms with van der Waals surface area (Å²) in [5, 5.41) is 0.595. The fourth-order valence-electron chi connectivity index (χ4n) is 2.22. The van der Waals surface area contributed by atoms with Crippen LogP contribution in [-0.4, -0.2) is 17.1 Å². The predicted molar refractivity (Wildman–Crippen MR) is 93.3 cm³/mol. The van der Waals surface area contributed by atoms with Gasteiger partial charge in [-0.25, -0.2) is 0 Å². The average molecular weight is 347 g/mol. The molecule has 0 saturated heterocycles. The highest BCUT2D eigenvalue weighted by Crippen LogP contribution is 2.22. The highest BCUT2D eigenvalue weighted by atomic mass is 35.5. The molecule has 0 unspecified atom stereocenters. The lowest BCUT2D eigenvalue weighted by Gasteiger charge is -2.02. The molecule has 0 N–H and O–H groups in total. The number of thiazole rings is 1. The molecule has 23 heavy (non-hydrogen) atoms. The number of rotatable bonds is 3. The van der Waals surface area contributed by atoms with Gasteiger partial charge in [0, 0.05) is 17.6 Å². The molecule has 118 valence electrons. The molecule has 3 rings (SSSR count). The Bertz CT molecular complexity index is 926. The third kappa shape index (κ3) is 3.30. The molecule has 4 nitrogen and oxygen atoms in total. The van der Waals surface area contributed by atoms with Gasteiger partial charge in [0.2, 0.25) is 0 Å². The van der Waals surface area contributed by atoms with Crippen molar-refractivity contribution < 1.29 is 9.53 Å². The molecule has 0 spiro atoms. The van der Waals surface area contributed by atoms with E-state index >= 15 is 0 Å². The minimum absolute atomic E-state index is 0.283. The smallest absolute Gasteiger partial charge is 0.279 e. The molecule has 3 aromatic rings. The van der Waals surface area contributed by atoms with Crippen molar-refractivity contribution in [3.05, 3.63) is 57.9 Å². The Kier molecular flexibility index (Phi) is 4.50. The number of ether oxygens (including phenoxy) is 1. The first kappa shape index (κ1) is 15.8. The maximum atomic E-state index is 12.3. The summed E-state index contributed by atoms with van der Waals surface area (Å²) in [6.07, 6.45) is 0. The number of halogens is 1. The monoisotopic (exact) mass is 346 g/mol. The number of carbonyl (C=O) groups is 1. The summed E-state index contributed by atoms with van der Waals surface area (Å²) in [4.78, 5) is 17.2. The Balaban J connectivity index is 2.03. The highest BCUT2D eigenvalue weighted by Gasteiger charge is 2.08. The van der Waals surface area contributed by atoms with E-state index in [0.717, 1.165) is 16.0 Å². The van der Waals surface area contributed by atoms with Crippen LogP contribution in [0.5, 0.6) is 5.75 Å². The molecule has 2 aromatic carbocycles. The van der Waals surface area contributed by atoms with E-state index in [1.54, 1.807) is 24.3 Å². The van der Waals surface area contributed by atoms with Gasteiger partial charge in [-0.1, -0.05) is 22.9 Å². The van der Waals surface area contributed by atoms with Crippen molar-refractivity contribution in [1.82, 2.24) is 4.57 Å². The summed E-state index contributed by atoms with van der Waals surface area (Å²) in [6.45, 7) is 2.57. The molecule has 0 fully saturated rings. The minimum atomic E-state index is -0.283. The quantitative estimate of drug-likeness (QED) is 0.718. The van der Waals surface area contributed by atoms with Crippen molar-refractivity contribution in [3.8, 4) is 5.75 Å². The molecular weight excluding hydrogens is 332 g/mol. The van der Waals surface area contributed by atoms with Gasteiger partial charge >= 0.3 is 0 Å². The maximum Gasteiger partial charge on any atom is 0.279 e. The summed E-state index contributed by atoms with van der Waals surface area (Å²) in [5.41, 5.74) is 1.53. The van der Waals surface area contributed by atoms with Crippen LogP contribution in [0.2, 0.25) is 5.02 Å². The normalized spacial score (nSPS) is 11.9. The lowest BCUT2D eigenvalue weighted by atomic mass is 10.2. The van der Waals surface area contributed by atoms with Gasteiger partial charge in [0.05, 0.1) is 16.8 Å². The van der Waals surface area contributed by atoms with Crippen LogP contribution in [0.15, 0.2) is 47.5 Å². The van der Waals surface area contributed by atoms with Crippen LogP contribution >= 0.6 is 22.9 Å². The predicted octanol–water partition coefficient (Wildman–Crippen LogP) is 4.03. The molecule has 1 aromatic heterocycles. The second kappa shape index (κ2) is 6.56. The summed E-state index contributed by atoms with van der Waals surface area (Å²) < 4.78 is 8.45. The lowest BCUT2D eigenvalue weighted by Crippen LogP contribution is -2.13. The number of aryl methyl sites for hydroxylation is 1. The number of benzene rings is 2. The fourth-order valence-corrected chi connectivity index (χ4v) is 3.39. The van der Waals surface area contributed by atoms with Crippen LogP contribution in [0.4, 0.5) is 0 Å². The number of aromatic nitrogens is 1. The van der Waals surface area contributed by atoms with Gasteiger partial charge in [0.25, 0.3) is 5.91 Å². The van der Waals surface area contributed by atoms with E-state index in [9.17, 15) is 4.79 Å². The standard InChI is InChI=1S/C17H15ClN2O2S/c1-3-22-13-8-9-14-15(10-13)23-17(20(14)2)19-16(21)11-4-6-12(18)7-5-11/h4-10H,3H2,1-2H3. The molecule has 0 bridgehead atoms. The zero-order valence-corrected chi connectivity index (χ0v) is 14.3. The number of hydrogen-bond donors (Lipinski definition) is 0. The first-order chi connectivity index (χ1) is 11.1. The summed E-state index contributed by atoms with van der Waals surface area (Å²) >= 11 is 7.30. The van der Waals surface area contributed by atoms with Crippen LogP contribution in [0, 0.1) is 0 Å².